The second-order valence-electron chi connectivity index (χ2n) is 4.00. The largest absolute Gasteiger partial charge is 0.394 e. The van der Waals surface area contributed by atoms with Crippen LogP contribution in [0.2, 0.25) is 0 Å². The van der Waals surface area contributed by atoms with E-state index in [0.717, 1.165) is 6.42 Å². The minimum Gasteiger partial charge on any atom is -0.366 e. The molecule has 0 aromatic rings. The summed E-state index contributed by atoms with van der Waals surface area (Å²) in [6, 6.07) is 0.661. The summed E-state index contributed by atoms with van der Waals surface area (Å²) in [7, 11) is -4.67. The molecule has 0 heterocycles. The van der Waals surface area contributed by atoms with Gasteiger partial charge in [-0.2, -0.15) is 8.42 Å². The van der Waals surface area contributed by atoms with Crippen LogP contribution in [0.15, 0.2) is 11.6 Å². The summed E-state index contributed by atoms with van der Waals surface area (Å²) in [5, 5.41) is 3.33. The minimum absolute atomic E-state index is 0.243. The zero-order valence-electron chi connectivity index (χ0n) is 11.0. The highest BCUT2D eigenvalue weighted by atomic mass is 32.3. The van der Waals surface area contributed by atoms with Gasteiger partial charge in [0.25, 0.3) is 0 Å². The quantitative estimate of drug-likeness (QED) is 0.430. The molecule has 0 bridgehead atoms. The predicted octanol–water partition coefficient (Wildman–Crippen LogP) is 0.542. The van der Waals surface area contributed by atoms with Crippen molar-refractivity contribution in [2.75, 3.05) is 0 Å². The molecule has 0 aromatic carbocycles. The average Bonchev–Trinajstić information content (AvgIpc) is 2.12. The molecule has 0 aromatic heterocycles. The van der Waals surface area contributed by atoms with Crippen molar-refractivity contribution in [2.45, 2.75) is 46.2 Å². The van der Waals surface area contributed by atoms with Crippen molar-refractivity contribution < 1.29 is 22.3 Å². The molecular weight excluding hydrogens is 260 g/mol. The summed E-state index contributed by atoms with van der Waals surface area (Å²) in [5.41, 5.74) is 5.76. The lowest BCUT2D eigenvalue weighted by Gasteiger charge is -2.16. The molecule has 108 valence electrons. The van der Waals surface area contributed by atoms with Crippen molar-refractivity contribution in [3.63, 3.8) is 0 Å². The third-order valence-electron chi connectivity index (χ3n) is 1.83. The summed E-state index contributed by atoms with van der Waals surface area (Å²) in [4.78, 5) is 10.8. The summed E-state index contributed by atoms with van der Waals surface area (Å²) in [6.45, 7) is 7.98. The SMILES string of the molecule is CCC(C=C(C)C(N)=O)NC(C)C.O=S(=O)(O)O. The lowest BCUT2D eigenvalue weighted by Crippen LogP contribution is -2.33. The summed E-state index contributed by atoms with van der Waals surface area (Å²) in [6.07, 6.45) is 2.85. The van der Waals surface area contributed by atoms with Gasteiger partial charge in [-0.3, -0.25) is 13.9 Å². The number of carbonyl (C=O) groups is 1. The first-order chi connectivity index (χ1) is 7.97. The lowest BCUT2D eigenvalue weighted by molar-refractivity contribution is -0.114. The standard InChI is InChI=1S/C10H20N2O.H2O4S/c1-5-9(12-7(2)3)6-8(4)10(11)13;1-5(2,3)4/h6-7,9,12H,5H2,1-4H3,(H2,11,13);(H2,1,2,3,4). The molecule has 0 spiro atoms. The fraction of sp³-hybridized carbons (Fsp3) is 0.700. The van der Waals surface area contributed by atoms with Crippen LogP contribution in [0.4, 0.5) is 0 Å². The van der Waals surface area contributed by atoms with E-state index in [1.54, 1.807) is 6.92 Å². The van der Waals surface area contributed by atoms with Crippen molar-refractivity contribution in [1.29, 1.82) is 0 Å². The van der Waals surface area contributed by atoms with Gasteiger partial charge >= 0.3 is 10.4 Å². The molecule has 0 aliphatic heterocycles. The Bertz CT molecular complexity index is 368. The van der Waals surface area contributed by atoms with E-state index in [4.69, 9.17) is 23.3 Å². The summed E-state index contributed by atoms with van der Waals surface area (Å²) in [5.74, 6) is -0.344. The molecule has 0 rings (SSSR count). The Morgan fingerprint density at radius 1 is 1.39 bits per heavy atom. The van der Waals surface area contributed by atoms with Crippen molar-refractivity contribution in [1.82, 2.24) is 5.32 Å². The number of rotatable bonds is 5. The van der Waals surface area contributed by atoms with E-state index in [1.807, 2.05) is 6.08 Å². The van der Waals surface area contributed by atoms with Crippen LogP contribution in [-0.2, 0) is 15.2 Å². The molecule has 1 unspecified atom stereocenters. The first kappa shape index (κ1) is 19.4. The van der Waals surface area contributed by atoms with Crippen LogP contribution in [0, 0.1) is 0 Å². The number of nitrogens with one attached hydrogen (secondary N) is 1. The number of amides is 1. The maximum Gasteiger partial charge on any atom is 0.394 e. The van der Waals surface area contributed by atoms with E-state index >= 15 is 0 Å². The normalized spacial score (nSPS) is 13.8. The monoisotopic (exact) mass is 282 g/mol. The molecule has 7 nitrogen and oxygen atoms in total. The Morgan fingerprint density at radius 2 is 1.78 bits per heavy atom. The first-order valence-corrected chi connectivity index (χ1v) is 6.81. The maximum absolute atomic E-state index is 10.8. The van der Waals surface area contributed by atoms with E-state index in [-0.39, 0.29) is 11.9 Å². The van der Waals surface area contributed by atoms with Gasteiger partial charge < -0.3 is 11.1 Å². The van der Waals surface area contributed by atoms with E-state index in [9.17, 15) is 4.79 Å². The number of nitrogens with two attached hydrogens (primary N) is 1. The maximum atomic E-state index is 10.8. The molecule has 0 saturated carbocycles. The molecule has 1 atom stereocenters. The molecule has 8 heteroatoms. The van der Waals surface area contributed by atoms with Gasteiger partial charge in [0.15, 0.2) is 0 Å². The second-order valence-corrected chi connectivity index (χ2v) is 4.89. The smallest absolute Gasteiger partial charge is 0.366 e. The zero-order chi connectivity index (χ0) is 14.9. The molecule has 0 aliphatic rings. The van der Waals surface area contributed by atoms with Crippen LogP contribution in [0.25, 0.3) is 0 Å². The molecule has 1 amide bonds. The van der Waals surface area contributed by atoms with Gasteiger partial charge in [0.1, 0.15) is 0 Å². The van der Waals surface area contributed by atoms with Crippen molar-refractivity contribution in [3.05, 3.63) is 11.6 Å². The third-order valence-corrected chi connectivity index (χ3v) is 1.83. The van der Waals surface area contributed by atoms with Gasteiger partial charge in [-0.15, -0.1) is 0 Å². The minimum atomic E-state index is -4.67. The number of hydrogen-bond acceptors (Lipinski definition) is 4. The van der Waals surface area contributed by atoms with Crippen molar-refractivity contribution in [3.8, 4) is 0 Å². The zero-order valence-corrected chi connectivity index (χ0v) is 11.9. The number of carbonyl (C=O) groups excluding carboxylic acids is 1. The fourth-order valence-corrected chi connectivity index (χ4v) is 1.10. The predicted molar refractivity (Wildman–Crippen MR) is 69.5 cm³/mol. The highest BCUT2D eigenvalue weighted by Crippen LogP contribution is 2.00. The molecule has 0 radical (unpaired) electrons. The molecular formula is C10H22N2O5S. The topological polar surface area (TPSA) is 130 Å². The first-order valence-electron chi connectivity index (χ1n) is 5.41. The van der Waals surface area contributed by atoms with Crippen LogP contribution in [0.1, 0.15) is 34.1 Å². The summed E-state index contributed by atoms with van der Waals surface area (Å²) >= 11 is 0. The van der Waals surface area contributed by atoms with Gasteiger partial charge in [-0.1, -0.05) is 26.8 Å². The van der Waals surface area contributed by atoms with Crippen LogP contribution in [0.3, 0.4) is 0 Å². The van der Waals surface area contributed by atoms with Crippen molar-refractivity contribution >= 4 is 16.3 Å². The van der Waals surface area contributed by atoms with Crippen LogP contribution in [0.5, 0.6) is 0 Å². The average molecular weight is 282 g/mol. The highest BCUT2D eigenvalue weighted by molar-refractivity contribution is 7.79. The Kier molecular flexibility index (Phi) is 9.73. The summed E-state index contributed by atoms with van der Waals surface area (Å²) < 4.78 is 31.6. The van der Waals surface area contributed by atoms with Gasteiger partial charge in [0, 0.05) is 17.7 Å². The van der Waals surface area contributed by atoms with E-state index in [2.05, 4.69) is 26.1 Å². The molecule has 5 N–H and O–H groups in total. The number of primary amides is 1. The second kappa shape index (κ2) is 9.03. The fourth-order valence-electron chi connectivity index (χ4n) is 1.10. The molecule has 0 aliphatic carbocycles. The molecule has 18 heavy (non-hydrogen) atoms. The van der Waals surface area contributed by atoms with E-state index in [1.165, 1.54) is 0 Å². The Labute approximate surface area is 108 Å². The van der Waals surface area contributed by atoms with Gasteiger partial charge in [0.05, 0.1) is 0 Å². The Hall–Kier alpha value is -0.960. The van der Waals surface area contributed by atoms with Crippen LogP contribution >= 0.6 is 0 Å². The Morgan fingerprint density at radius 3 is 2.00 bits per heavy atom. The van der Waals surface area contributed by atoms with Crippen molar-refractivity contribution in [2.24, 2.45) is 5.73 Å². The molecule has 0 saturated heterocycles. The molecule has 0 fully saturated rings. The third kappa shape index (κ3) is 17.4. The van der Waals surface area contributed by atoms with Crippen LogP contribution < -0.4 is 11.1 Å². The van der Waals surface area contributed by atoms with E-state index in [0.29, 0.717) is 11.6 Å². The van der Waals surface area contributed by atoms with E-state index < -0.39 is 10.4 Å². The van der Waals surface area contributed by atoms with Gasteiger partial charge in [-0.05, 0) is 13.3 Å². The number of hydrogen-bond donors (Lipinski definition) is 4. The lowest BCUT2D eigenvalue weighted by atomic mass is 10.1. The van der Waals surface area contributed by atoms with Gasteiger partial charge in [-0.25, -0.2) is 0 Å². The van der Waals surface area contributed by atoms with Gasteiger partial charge in [0.2, 0.25) is 5.91 Å². The highest BCUT2D eigenvalue weighted by Gasteiger charge is 2.06. The Balaban J connectivity index is 0. The van der Waals surface area contributed by atoms with Crippen LogP contribution in [-0.4, -0.2) is 35.5 Å².